The van der Waals surface area contributed by atoms with Crippen molar-refractivity contribution in [1.29, 1.82) is 5.26 Å². The molecule has 8 heteroatoms. The van der Waals surface area contributed by atoms with Gasteiger partial charge in [0.05, 0.1) is 11.5 Å². The quantitative estimate of drug-likeness (QED) is 0.796. The fraction of sp³-hybridized carbons (Fsp3) is 0.556. The van der Waals surface area contributed by atoms with Gasteiger partial charge in [0.15, 0.2) is 6.10 Å². The van der Waals surface area contributed by atoms with Gasteiger partial charge in [0.2, 0.25) is 5.91 Å². The molecular formula is C18H21N3O4S. The minimum absolute atomic E-state index is 0.00629. The Morgan fingerprint density at radius 3 is 2.85 bits per heavy atom. The second kappa shape index (κ2) is 7.87. The van der Waals surface area contributed by atoms with Crippen LogP contribution in [0.2, 0.25) is 0 Å². The number of thiophene rings is 1. The molecule has 138 valence electrons. The number of nitrogens with one attached hydrogen (secondary N) is 1. The van der Waals surface area contributed by atoms with Gasteiger partial charge < -0.3 is 15.0 Å². The SMILES string of the molecule is C[C@@H](OC(=O)[C@@H]1CC(=O)N(C2CCCC2)C1)C(=O)Nc1sccc1C#N. The van der Waals surface area contributed by atoms with Crippen LogP contribution in [-0.4, -0.2) is 41.4 Å². The van der Waals surface area contributed by atoms with E-state index in [9.17, 15) is 14.4 Å². The third-order valence-electron chi connectivity index (χ3n) is 4.94. The van der Waals surface area contributed by atoms with E-state index in [2.05, 4.69) is 5.32 Å². The molecule has 1 saturated carbocycles. The van der Waals surface area contributed by atoms with Crippen molar-refractivity contribution in [2.24, 2.45) is 5.92 Å². The van der Waals surface area contributed by atoms with Crippen LogP contribution in [0.15, 0.2) is 11.4 Å². The lowest BCUT2D eigenvalue weighted by molar-refractivity contribution is -0.157. The summed E-state index contributed by atoms with van der Waals surface area (Å²) in [7, 11) is 0. The Labute approximate surface area is 155 Å². The highest BCUT2D eigenvalue weighted by Gasteiger charge is 2.40. The van der Waals surface area contributed by atoms with Gasteiger partial charge in [0.1, 0.15) is 11.1 Å². The van der Waals surface area contributed by atoms with E-state index in [1.807, 2.05) is 6.07 Å². The lowest BCUT2D eigenvalue weighted by Gasteiger charge is -2.24. The van der Waals surface area contributed by atoms with Crippen molar-refractivity contribution >= 4 is 34.1 Å². The van der Waals surface area contributed by atoms with Crippen molar-refractivity contribution in [3.05, 3.63) is 17.0 Å². The summed E-state index contributed by atoms with van der Waals surface area (Å²) < 4.78 is 5.27. The first-order chi connectivity index (χ1) is 12.5. The van der Waals surface area contributed by atoms with E-state index in [-0.39, 0.29) is 18.4 Å². The number of anilines is 1. The largest absolute Gasteiger partial charge is 0.452 e. The molecule has 0 spiro atoms. The smallest absolute Gasteiger partial charge is 0.312 e. The van der Waals surface area contributed by atoms with E-state index in [0.29, 0.717) is 17.1 Å². The molecule has 7 nitrogen and oxygen atoms in total. The molecule has 0 aromatic carbocycles. The van der Waals surface area contributed by atoms with Gasteiger partial charge in [-0.2, -0.15) is 5.26 Å². The van der Waals surface area contributed by atoms with Gasteiger partial charge in [-0.1, -0.05) is 12.8 Å². The summed E-state index contributed by atoms with van der Waals surface area (Å²) in [5.41, 5.74) is 0.371. The third kappa shape index (κ3) is 3.88. The minimum Gasteiger partial charge on any atom is -0.452 e. The van der Waals surface area contributed by atoms with Crippen LogP contribution in [0.3, 0.4) is 0 Å². The van der Waals surface area contributed by atoms with Crippen LogP contribution >= 0.6 is 11.3 Å². The number of ether oxygens (including phenoxy) is 1. The summed E-state index contributed by atoms with van der Waals surface area (Å²) >= 11 is 1.23. The van der Waals surface area contributed by atoms with Gasteiger partial charge in [-0.3, -0.25) is 14.4 Å². The number of carbonyl (C=O) groups excluding carboxylic acids is 3. The summed E-state index contributed by atoms with van der Waals surface area (Å²) in [6.45, 7) is 1.86. The van der Waals surface area contributed by atoms with Crippen molar-refractivity contribution < 1.29 is 19.1 Å². The number of likely N-dealkylation sites (tertiary alicyclic amines) is 1. The zero-order valence-corrected chi connectivity index (χ0v) is 15.4. The topological polar surface area (TPSA) is 99.5 Å². The predicted octanol–water partition coefficient (Wildman–Crippen LogP) is 2.28. The van der Waals surface area contributed by atoms with E-state index >= 15 is 0 Å². The molecule has 1 aromatic rings. The van der Waals surface area contributed by atoms with E-state index in [0.717, 1.165) is 25.7 Å². The molecule has 1 N–H and O–H groups in total. The number of hydrogen-bond acceptors (Lipinski definition) is 6. The van der Waals surface area contributed by atoms with E-state index in [1.165, 1.54) is 18.3 Å². The summed E-state index contributed by atoms with van der Waals surface area (Å²) in [5.74, 6) is -1.54. The van der Waals surface area contributed by atoms with Crippen LogP contribution < -0.4 is 5.32 Å². The Hall–Kier alpha value is -2.40. The molecule has 2 amide bonds. The maximum absolute atomic E-state index is 12.4. The number of nitriles is 1. The van der Waals surface area contributed by atoms with Crippen LogP contribution in [0, 0.1) is 17.2 Å². The molecular weight excluding hydrogens is 354 g/mol. The first-order valence-electron chi connectivity index (χ1n) is 8.78. The highest BCUT2D eigenvalue weighted by molar-refractivity contribution is 7.14. The standard InChI is InChI=1S/C18H21N3O4S/c1-11(16(23)20-17-12(9-19)6-7-26-17)25-18(24)13-8-15(22)21(10-13)14-4-2-3-5-14/h6-7,11,13-14H,2-5,8,10H2,1H3,(H,20,23)/t11-,13-/m1/s1. The highest BCUT2D eigenvalue weighted by Crippen LogP contribution is 2.30. The number of rotatable bonds is 5. The predicted molar refractivity (Wildman–Crippen MR) is 95.3 cm³/mol. The monoisotopic (exact) mass is 375 g/mol. The molecule has 2 atom stereocenters. The first-order valence-corrected chi connectivity index (χ1v) is 9.66. The van der Waals surface area contributed by atoms with Crippen LogP contribution in [-0.2, 0) is 19.1 Å². The number of nitrogens with zero attached hydrogens (tertiary/aromatic N) is 2. The summed E-state index contributed by atoms with van der Waals surface area (Å²) in [6, 6.07) is 3.84. The van der Waals surface area contributed by atoms with Gasteiger partial charge in [0.25, 0.3) is 5.91 Å². The zero-order valence-electron chi connectivity index (χ0n) is 14.6. The van der Waals surface area contributed by atoms with Gasteiger partial charge >= 0.3 is 5.97 Å². The molecule has 1 aliphatic carbocycles. The Kier molecular flexibility index (Phi) is 5.57. The van der Waals surface area contributed by atoms with Crippen LogP contribution in [0.4, 0.5) is 5.00 Å². The lowest BCUT2D eigenvalue weighted by Crippen LogP contribution is -2.36. The van der Waals surface area contributed by atoms with Crippen molar-refractivity contribution in [2.45, 2.75) is 51.2 Å². The highest BCUT2D eigenvalue weighted by atomic mass is 32.1. The number of esters is 1. The molecule has 2 fully saturated rings. The van der Waals surface area contributed by atoms with Crippen LogP contribution in [0.1, 0.15) is 44.6 Å². The second-order valence-corrected chi connectivity index (χ2v) is 7.65. The molecule has 1 aromatic heterocycles. The number of carbonyl (C=O) groups is 3. The second-order valence-electron chi connectivity index (χ2n) is 6.73. The maximum atomic E-state index is 12.4. The summed E-state index contributed by atoms with van der Waals surface area (Å²) in [5, 5.41) is 13.7. The molecule has 3 rings (SSSR count). The molecule has 2 heterocycles. The Morgan fingerprint density at radius 2 is 2.15 bits per heavy atom. The molecule has 26 heavy (non-hydrogen) atoms. The normalized spacial score (nSPS) is 21.5. The first kappa shape index (κ1) is 18.4. The summed E-state index contributed by atoms with van der Waals surface area (Å²) in [6.07, 6.45) is 3.38. The maximum Gasteiger partial charge on any atom is 0.312 e. The van der Waals surface area contributed by atoms with E-state index in [4.69, 9.17) is 10.00 Å². The van der Waals surface area contributed by atoms with Crippen molar-refractivity contribution in [3.8, 4) is 6.07 Å². The van der Waals surface area contributed by atoms with Crippen molar-refractivity contribution in [2.75, 3.05) is 11.9 Å². The average Bonchev–Trinajstić information content (AvgIpc) is 3.34. The third-order valence-corrected chi connectivity index (χ3v) is 5.77. The minimum atomic E-state index is -0.994. The van der Waals surface area contributed by atoms with Gasteiger partial charge in [-0.05, 0) is 31.2 Å². The zero-order chi connectivity index (χ0) is 18.7. The molecule has 1 saturated heterocycles. The average molecular weight is 375 g/mol. The Balaban J connectivity index is 1.53. The molecule has 1 aliphatic heterocycles. The number of hydrogen-bond donors (Lipinski definition) is 1. The van der Waals surface area contributed by atoms with E-state index < -0.39 is 23.9 Å². The Morgan fingerprint density at radius 1 is 1.42 bits per heavy atom. The van der Waals surface area contributed by atoms with Crippen LogP contribution in [0.5, 0.6) is 0 Å². The van der Waals surface area contributed by atoms with Crippen molar-refractivity contribution in [3.63, 3.8) is 0 Å². The van der Waals surface area contributed by atoms with Crippen molar-refractivity contribution in [1.82, 2.24) is 4.90 Å². The molecule has 0 bridgehead atoms. The fourth-order valence-corrected chi connectivity index (χ4v) is 4.23. The van der Waals surface area contributed by atoms with Crippen LogP contribution in [0.25, 0.3) is 0 Å². The Bertz CT molecular complexity index is 748. The van der Waals surface area contributed by atoms with Gasteiger partial charge in [0, 0.05) is 19.0 Å². The molecule has 0 radical (unpaired) electrons. The summed E-state index contributed by atoms with van der Waals surface area (Å²) in [4.78, 5) is 38.5. The van der Waals surface area contributed by atoms with E-state index in [1.54, 1.807) is 16.3 Å². The fourth-order valence-electron chi connectivity index (χ4n) is 3.49. The van der Waals surface area contributed by atoms with Gasteiger partial charge in [-0.15, -0.1) is 11.3 Å². The van der Waals surface area contributed by atoms with Gasteiger partial charge in [-0.25, -0.2) is 0 Å². The lowest BCUT2D eigenvalue weighted by atomic mass is 10.1. The molecule has 2 aliphatic rings. The number of amides is 2. The molecule has 0 unspecified atom stereocenters.